The zero-order valence-electron chi connectivity index (χ0n) is 17.7. The quantitative estimate of drug-likeness (QED) is 0.727. The Kier molecular flexibility index (Phi) is 6.40. The van der Waals surface area contributed by atoms with Gasteiger partial charge in [-0.25, -0.2) is 4.98 Å². The van der Waals surface area contributed by atoms with Gasteiger partial charge in [-0.1, -0.05) is 18.2 Å². The van der Waals surface area contributed by atoms with Crippen LogP contribution in [-0.2, 0) is 9.53 Å². The van der Waals surface area contributed by atoms with Crippen molar-refractivity contribution in [3.8, 4) is 0 Å². The van der Waals surface area contributed by atoms with Crippen LogP contribution in [0.3, 0.4) is 0 Å². The topological polar surface area (TPSA) is 73.2 Å². The Bertz CT molecular complexity index is 839. The maximum atomic E-state index is 13.4. The zero-order chi connectivity index (χ0) is 21.0. The van der Waals surface area contributed by atoms with Crippen molar-refractivity contribution >= 4 is 17.6 Å². The molecule has 1 saturated carbocycles. The summed E-state index contributed by atoms with van der Waals surface area (Å²) in [4.78, 5) is 30.1. The highest BCUT2D eigenvalue weighted by molar-refractivity contribution is 5.88. The van der Waals surface area contributed by atoms with Crippen molar-refractivity contribution in [1.29, 1.82) is 0 Å². The van der Waals surface area contributed by atoms with Gasteiger partial charge in [0.25, 0.3) is 0 Å². The molecule has 1 aliphatic rings. The third-order valence-electron chi connectivity index (χ3n) is 5.37. The summed E-state index contributed by atoms with van der Waals surface area (Å²) < 4.78 is 7.15. The summed E-state index contributed by atoms with van der Waals surface area (Å²) in [7, 11) is 0. The van der Waals surface area contributed by atoms with Crippen LogP contribution in [0.25, 0.3) is 0 Å². The number of carbonyl (C=O) groups excluding carboxylic acids is 2. The Morgan fingerprint density at radius 3 is 2.69 bits per heavy atom. The molecule has 1 aromatic carbocycles. The average molecular weight is 398 g/mol. The highest BCUT2D eigenvalue weighted by Gasteiger charge is 2.40. The average Bonchev–Trinajstić information content (AvgIpc) is 3.34. The summed E-state index contributed by atoms with van der Waals surface area (Å²) in [5.74, 6) is -0.603. The number of rotatable bonds is 6. The van der Waals surface area contributed by atoms with Crippen molar-refractivity contribution < 1.29 is 14.3 Å². The lowest BCUT2D eigenvalue weighted by Gasteiger charge is -2.26. The molecule has 0 bridgehead atoms. The molecule has 6 heteroatoms. The van der Waals surface area contributed by atoms with Gasteiger partial charge >= 0.3 is 5.97 Å². The smallest absolute Gasteiger partial charge is 0.309 e. The molecule has 1 N–H and O–H groups in total. The molecule has 3 atom stereocenters. The van der Waals surface area contributed by atoms with Gasteiger partial charge in [-0.3, -0.25) is 14.2 Å². The van der Waals surface area contributed by atoms with Gasteiger partial charge in [-0.15, -0.1) is 0 Å². The van der Waals surface area contributed by atoms with Gasteiger partial charge in [0.1, 0.15) is 11.9 Å². The molecule has 3 unspecified atom stereocenters. The summed E-state index contributed by atoms with van der Waals surface area (Å²) in [5, 5.41) is 3.38. The molecule has 0 amide bonds. The second-order valence-corrected chi connectivity index (χ2v) is 8.71. The molecule has 1 aliphatic carbocycles. The van der Waals surface area contributed by atoms with E-state index >= 15 is 0 Å². The minimum atomic E-state index is -0.501. The lowest BCUT2D eigenvalue weighted by Crippen LogP contribution is -2.29. The molecule has 0 aliphatic heterocycles. The third kappa shape index (κ3) is 5.05. The summed E-state index contributed by atoms with van der Waals surface area (Å²) in [5.41, 5.74) is 1.44. The van der Waals surface area contributed by atoms with Crippen LogP contribution in [0, 0.1) is 11.8 Å². The summed E-state index contributed by atoms with van der Waals surface area (Å²) in [6, 6.07) is 7.95. The predicted molar refractivity (Wildman–Crippen MR) is 113 cm³/mol. The monoisotopic (exact) mass is 397 g/mol. The van der Waals surface area contributed by atoms with E-state index in [4.69, 9.17) is 4.74 Å². The van der Waals surface area contributed by atoms with Crippen molar-refractivity contribution in [2.75, 3.05) is 11.9 Å². The number of para-hydroxylation sites is 1. The zero-order valence-corrected chi connectivity index (χ0v) is 17.7. The van der Waals surface area contributed by atoms with Crippen LogP contribution in [0.2, 0.25) is 0 Å². The fraction of sp³-hybridized carbons (Fsp3) is 0.522. The highest BCUT2D eigenvalue weighted by Crippen LogP contribution is 2.44. The van der Waals surface area contributed by atoms with Gasteiger partial charge < -0.3 is 10.1 Å². The number of nitrogens with zero attached hydrogens (tertiary/aromatic N) is 2. The number of nitrogens with one attached hydrogen (secondary N) is 1. The Labute approximate surface area is 172 Å². The van der Waals surface area contributed by atoms with Crippen LogP contribution < -0.4 is 5.32 Å². The normalized spacial score (nSPS) is 20.3. The first-order valence-electron chi connectivity index (χ1n) is 10.4. The molecule has 1 heterocycles. The number of hydrogen-bond acceptors (Lipinski definition) is 5. The van der Waals surface area contributed by atoms with E-state index in [1.54, 1.807) is 23.3 Å². The largest absolute Gasteiger partial charge is 0.460 e. The standard InChI is InChI=1S/C23H31N3O3/c1-5-25-19-9-7-6-8-18(19)20(21(27)26-13-12-24-15-26)16-10-11-17(14-16)22(28)29-23(2,3)4/h6-9,12-13,15-17,20,25H,5,10-11,14H2,1-4H3. The molecule has 6 nitrogen and oxygen atoms in total. The minimum absolute atomic E-state index is 0.0114. The molecule has 0 spiro atoms. The molecule has 156 valence electrons. The van der Waals surface area contributed by atoms with Crippen molar-refractivity contribution in [1.82, 2.24) is 9.55 Å². The SMILES string of the molecule is CCNc1ccccc1C(C(=O)n1ccnc1)C1CCC(C(=O)OC(C)(C)C)C1. The van der Waals surface area contributed by atoms with Crippen LogP contribution in [-0.4, -0.2) is 33.6 Å². The number of anilines is 1. The van der Waals surface area contributed by atoms with E-state index in [1.807, 2.05) is 52.0 Å². The molecule has 1 fully saturated rings. The van der Waals surface area contributed by atoms with E-state index in [9.17, 15) is 9.59 Å². The lowest BCUT2D eigenvalue weighted by molar-refractivity contribution is -0.159. The lowest BCUT2D eigenvalue weighted by atomic mass is 9.82. The maximum absolute atomic E-state index is 13.4. The van der Waals surface area contributed by atoms with Crippen LogP contribution in [0.1, 0.15) is 63.2 Å². The first-order valence-corrected chi connectivity index (χ1v) is 10.4. The van der Waals surface area contributed by atoms with E-state index in [-0.39, 0.29) is 29.6 Å². The molecule has 0 radical (unpaired) electrons. The minimum Gasteiger partial charge on any atom is -0.460 e. The molecule has 1 aromatic heterocycles. The second-order valence-electron chi connectivity index (χ2n) is 8.71. The summed E-state index contributed by atoms with van der Waals surface area (Å²) >= 11 is 0. The Morgan fingerprint density at radius 1 is 1.28 bits per heavy atom. The van der Waals surface area contributed by atoms with E-state index in [1.165, 1.54) is 0 Å². The van der Waals surface area contributed by atoms with Crippen LogP contribution in [0.15, 0.2) is 43.0 Å². The first-order chi connectivity index (χ1) is 13.8. The first kappa shape index (κ1) is 21.1. The number of imidazole rings is 1. The van der Waals surface area contributed by atoms with Gasteiger partial charge in [0, 0.05) is 24.6 Å². The van der Waals surface area contributed by atoms with Crippen LogP contribution in [0.4, 0.5) is 5.69 Å². The van der Waals surface area contributed by atoms with Crippen LogP contribution in [0.5, 0.6) is 0 Å². The number of esters is 1. The molecular weight excluding hydrogens is 366 g/mol. The summed E-state index contributed by atoms with van der Waals surface area (Å²) in [6.45, 7) is 8.46. The molecule has 2 aromatic rings. The van der Waals surface area contributed by atoms with E-state index < -0.39 is 5.60 Å². The fourth-order valence-corrected chi connectivity index (χ4v) is 4.18. The Morgan fingerprint density at radius 2 is 2.03 bits per heavy atom. The van der Waals surface area contributed by atoms with Gasteiger partial charge in [0.05, 0.1) is 11.8 Å². The van der Waals surface area contributed by atoms with E-state index in [0.717, 1.165) is 30.6 Å². The van der Waals surface area contributed by atoms with Crippen molar-refractivity contribution in [2.45, 2.75) is 58.5 Å². The van der Waals surface area contributed by atoms with Crippen molar-refractivity contribution in [2.24, 2.45) is 11.8 Å². The van der Waals surface area contributed by atoms with Gasteiger partial charge in [-0.2, -0.15) is 0 Å². The molecule has 29 heavy (non-hydrogen) atoms. The van der Waals surface area contributed by atoms with Crippen molar-refractivity contribution in [3.05, 3.63) is 48.5 Å². The van der Waals surface area contributed by atoms with Crippen molar-refractivity contribution in [3.63, 3.8) is 0 Å². The van der Waals surface area contributed by atoms with Crippen LogP contribution >= 0.6 is 0 Å². The summed E-state index contributed by atoms with van der Waals surface area (Å²) in [6.07, 6.45) is 7.06. The van der Waals surface area contributed by atoms with E-state index in [0.29, 0.717) is 6.42 Å². The van der Waals surface area contributed by atoms with Gasteiger partial charge in [-0.05, 0) is 64.5 Å². The number of ether oxygens (including phenoxy) is 1. The van der Waals surface area contributed by atoms with E-state index in [2.05, 4.69) is 10.3 Å². The fourth-order valence-electron chi connectivity index (χ4n) is 4.18. The predicted octanol–water partition coefficient (Wildman–Crippen LogP) is 4.50. The highest BCUT2D eigenvalue weighted by atomic mass is 16.6. The third-order valence-corrected chi connectivity index (χ3v) is 5.37. The molecular formula is C23H31N3O3. The number of aromatic nitrogens is 2. The van der Waals surface area contributed by atoms with Gasteiger partial charge in [0.15, 0.2) is 0 Å². The Balaban J connectivity index is 1.89. The maximum Gasteiger partial charge on any atom is 0.309 e. The number of carbonyl (C=O) groups is 2. The Hall–Kier alpha value is -2.63. The van der Waals surface area contributed by atoms with Gasteiger partial charge in [0.2, 0.25) is 5.91 Å². The number of benzene rings is 1. The molecule has 3 rings (SSSR count). The number of hydrogen-bond donors (Lipinski definition) is 1. The second kappa shape index (κ2) is 8.80. The molecule has 0 saturated heterocycles.